The van der Waals surface area contributed by atoms with Crippen molar-refractivity contribution in [2.24, 2.45) is 0 Å². The molecule has 0 aliphatic rings. The number of aliphatic carboxylic acids is 1. The van der Waals surface area contributed by atoms with Crippen LogP contribution in [0.1, 0.15) is 5.56 Å². The SMILES string of the molecule is COc1ccc(CCNC=O)cc1.O=C(O)C(F)(F)F. The lowest BCUT2D eigenvalue weighted by Crippen LogP contribution is -2.21. The monoisotopic (exact) mass is 293 g/mol. The van der Waals surface area contributed by atoms with Gasteiger partial charge in [-0.1, -0.05) is 12.1 Å². The molecule has 0 heterocycles. The molecule has 0 aliphatic carbocycles. The molecule has 0 radical (unpaired) electrons. The first-order valence-electron chi connectivity index (χ1n) is 5.41. The van der Waals surface area contributed by atoms with Gasteiger partial charge in [0.05, 0.1) is 7.11 Å². The molecule has 0 fully saturated rings. The fraction of sp³-hybridized carbons (Fsp3) is 0.333. The van der Waals surface area contributed by atoms with Crippen molar-refractivity contribution in [1.82, 2.24) is 5.32 Å². The number of hydrogen-bond donors (Lipinski definition) is 2. The van der Waals surface area contributed by atoms with Crippen LogP contribution in [0.15, 0.2) is 24.3 Å². The van der Waals surface area contributed by atoms with Gasteiger partial charge in [0.2, 0.25) is 6.41 Å². The number of methoxy groups -OCH3 is 1. The Morgan fingerprint density at radius 3 is 2.20 bits per heavy atom. The normalized spacial score (nSPS) is 10.0. The molecule has 0 unspecified atom stereocenters. The molecule has 1 aromatic carbocycles. The summed E-state index contributed by atoms with van der Waals surface area (Å²) in [6, 6.07) is 7.81. The van der Waals surface area contributed by atoms with Crippen LogP contribution in [0.3, 0.4) is 0 Å². The minimum Gasteiger partial charge on any atom is -0.497 e. The molecule has 0 aliphatic heterocycles. The fourth-order valence-corrected chi connectivity index (χ4v) is 1.07. The third kappa shape index (κ3) is 7.96. The van der Waals surface area contributed by atoms with Crippen LogP contribution in [0.4, 0.5) is 13.2 Å². The quantitative estimate of drug-likeness (QED) is 0.639. The number of ether oxygens (including phenoxy) is 1. The van der Waals surface area contributed by atoms with Gasteiger partial charge in [0.15, 0.2) is 0 Å². The highest BCUT2D eigenvalue weighted by Gasteiger charge is 2.38. The fourth-order valence-electron chi connectivity index (χ4n) is 1.07. The second-order valence-electron chi connectivity index (χ2n) is 3.47. The maximum Gasteiger partial charge on any atom is 0.490 e. The number of alkyl halides is 3. The lowest BCUT2D eigenvalue weighted by Gasteiger charge is -2.02. The van der Waals surface area contributed by atoms with Crippen molar-refractivity contribution in [2.45, 2.75) is 12.6 Å². The lowest BCUT2D eigenvalue weighted by atomic mass is 10.1. The van der Waals surface area contributed by atoms with Crippen LogP contribution in [0.5, 0.6) is 5.75 Å². The van der Waals surface area contributed by atoms with Crippen LogP contribution < -0.4 is 10.1 Å². The smallest absolute Gasteiger partial charge is 0.490 e. The van der Waals surface area contributed by atoms with Crippen molar-refractivity contribution >= 4 is 12.4 Å². The van der Waals surface area contributed by atoms with Gasteiger partial charge < -0.3 is 15.2 Å². The molecule has 0 aromatic heterocycles. The Hall–Kier alpha value is -2.25. The van der Waals surface area contributed by atoms with Crippen molar-refractivity contribution in [3.05, 3.63) is 29.8 Å². The van der Waals surface area contributed by atoms with Crippen LogP contribution in [0.2, 0.25) is 0 Å². The Kier molecular flexibility index (Phi) is 7.80. The third-order valence-corrected chi connectivity index (χ3v) is 2.04. The van der Waals surface area contributed by atoms with E-state index >= 15 is 0 Å². The number of carboxylic acids is 1. The van der Waals surface area contributed by atoms with Gasteiger partial charge in [-0.05, 0) is 24.1 Å². The van der Waals surface area contributed by atoms with Crippen molar-refractivity contribution in [3.63, 3.8) is 0 Å². The van der Waals surface area contributed by atoms with Gasteiger partial charge in [-0.3, -0.25) is 4.79 Å². The van der Waals surface area contributed by atoms with Gasteiger partial charge in [-0.2, -0.15) is 13.2 Å². The highest BCUT2D eigenvalue weighted by atomic mass is 19.4. The van der Waals surface area contributed by atoms with Gasteiger partial charge in [-0.15, -0.1) is 0 Å². The Labute approximate surface area is 113 Å². The van der Waals surface area contributed by atoms with Crippen molar-refractivity contribution in [2.75, 3.05) is 13.7 Å². The molecule has 112 valence electrons. The molecule has 0 bridgehead atoms. The van der Waals surface area contributed by atoms with Crippen LogP contribution >= 0.6 is 0 Å². The second-order valence-corrected chi connectivity index (χ2v) is 3.47. The number of amides is 1. The number of carboxylic acid groups (broad SMARTS) is 1. The predicted molar refractivity (Wildman–Crippen MR) is 64.5 cm³/mol. The maximum absolute atomic E-state index is 10.6. The summed E-state index contributed by atoms with van der Waals surface area (Å²) in [5.41, 5.74) is 1.19. The minimum absolute atomic E-state index is 0.676. The molecule has 0 spiro atoms. The summed E-state index contributed by atoms with van der Waals surface area (Å²) in [7, 11) is 1.64. The van der Waals surface area contributed by atoms with Crippen LogP contribution in [0, 0.1) is 0 Å². The van der Waals surface area contributed by atoms with E-state index in [1.807, 2.05) is 24.3 Å². The number of nitrogens with one attached hydrogen (secondary N) is 1. The van der Waals surface area contributed by atoms with E-state index in [1.165, 1.54) is 5.56 Å². The molecule has 20 heavy (non-hydrogen) atoms. The molecule has 5 nitrogen and oxygen atoms in total. The van der Waals surface area contributed by atoms with Crippen LogP contribution in [-0.2, 0) is 16.0 Å². The zero-order valence-corrected chi connectivity index (χ0v) is 10.6. The Balaban J connectivity index is 0.000000441. The molecule has 0 atom stereocenters. The summed E-state index contributed by atoms with van der Waals surface area (Å²) >= 11 is 0. The summed E-state index contributed by atoms with van der Waals surface area (Å²) in [5, 5.41) is 9.74. The van der Waals surface area contributed by atoms with E-state index in [0.29, 0.717) is 13.0 Å². The van der Waals surface area contributed by atoms with Crippen molar-refractivity contribution < 1.29 is 32.6 Å². The van der Waals surface area contributed by atoms with Gasteiger partial charge in [0.1, 0.15) is 5.75 Å². The van der Waals surface area contributed by atoms with E-state index in [-0.39, 0.29) is 0 Å². The number of carbonyl (C=O) groups excluding carboxylic acids is 1. The summed E-state index contributed by atoms with van der Waals surface area (Å²) < 4.78 is 36.8. The zero-order chi connectivity index (χ0) is 15.6. The topological polar surface area (TPSA) is 75.6 Å². The van der Waals surface area contributed by atoms with Gasteiger partial charge >= 0.3 is 12.1 Å². The number of benzene rings is 1. The van der Waals surface area contributed by atoms with Crippen LogP contribution in [0.25, 0.3) is 0 Å². The number of rotatable bonds is 5. The zero-order valence-electron chi connectivity index (χ0n) is 10.6. The molecule has 1 aromatic rings. The van der Waals surface area contributed by atoms with E-state index in [0.717, 1.165) is 12.2 Å². The minimum atomic E-state index is -5.08. The van der Waals surface area contributed by atoms with E-state index in [9.17, 15) is 18.0 Å². The predicted octanol–water partition coefficient (Wildman–Crippen LogP) is 1.62. The standard InChI is InChI=1S/C10H13NO2.C2HF3O2/c1-13-10-4-2-9(3-5-10)6-7-11-8-12;3-2(4,5)1(6)7/h2-5,8H,6-7H2,1H3,(H,11,12);(H,6,7). The molecule has 8 heteroatoms. The molecule has 1 amide bonds. The first-order chi connectivity index (χ1) is 9.31. The van der Waals surface area contributed by atoms with Crippen molar-refractivity contribution in [1.29, 1.82) is 0 Å². The summed E-state index contributed by atoms with van der Waals surface area (Å²) in [6.45, 7) is 0.676. The molecule has 0 saturated heterocycles. The van der Waals surface area contributed by atoms with Crippen LogP contribution in [-0.4, -0.2) is 37.3 Å². The van der Waals surface area contributed by atoms with E-state index < -0.39 is 12.1 Å². The van der Waals surface area contributed by atoms with E-state index in [4.69, 9.17) is 14.6 Å². The molecule has 2 N–H and O–H groups in total. The number of carbonyl (C=O) groups is 2. The average Bonchev–Trinajstić information content (AvgIpc) is 2.39. The van der Waals surface area contributed by atoms with Gasteiger partial charge in [0.25, 0.3) is 0 Å². The number of hydrogen-bond acceptors (Lipinski definition) is 3. The molecule has 0 saturated carbocycles. The first-order valence-corrected chi connectivity index (χ1v) is 5.41. The number of halogens is 3. The summed E-state index contributed by atoms with van der Waals surface area (Å²) in [6.07, 6.45) is -3.52. The highest BCUT2D eigenvalue weighted by molar-refractivity contribution is 5.73. The third-order valence-electron chi connectivity index (χ3n) is 2.04. The second kappa shape index (κ2) is 8.78. The first kappa shape index (κ1) is 17.8. The lowest BCUT2D eigenvalue weighted by molar-refractivity contribution is -0.192. The maximum atomic E-state index is 10.6. The summed E-state index contributed by atoms with van der Waals surface area (Å²) in [5.74, 6) is -1.90. The Morgan fingerprint density at radius 1 is 1.35 bits per heavy atom. The van der Waals surface area contributed by atoms with E-state index in [2.05, 4.69) is 5.32 Å². The van der Waals surface area contributed by atoms with Gasteiger partial charge in [-0.25, -0.2) is 4.79 Å². The largest absolute Gasteiger partial charge is 0.497 e. The highest BCUT2D eigenvalue weighted by Crippen LogP contribution is 2.13. The molecule has 1 rings (SSSR count). The molecular weight excluding hydrogens is 279 g/mol. The van der Waals surface area contributed by atoms with E-state index in [1.54, 1.807) is 7.11 Å². The Bertz CT molecular complexity index is 418. The van der Waals surface area contributed by atoms with Gasteiger partial charge in [0, 0.05) is 6.54 Å². The Morgan fingerprint density at radius 2 is 1.85 bits per heavy atom. The van der Waals surface area contributed by atoms with Crippen molar-refractivity contribution in [3.8, 4) is 5.75 Å². The molecular formula is C12H14F3NO4. The average molecular weight is 293 g/mol. The summed E-state index contributed by atoms with van der Waals surface area (Å²) in [4.78, 5) is 18.9.